The Bertz CT molecular complexity index is 311. The molecule has 0 unspecified atom stereocenters. The molecule has 0 fully saturated rings. The number of amides is 1. The number of nitrogens with two attached hydrogens (primary N) is 1. The van der Waals surface area contributed by atoms with Gasteiger partial charge < -0.3 is 15.4 Å². The van der Waals surface area contributed by atoms with E-state index < -0.39 is 12.0 Å². The maximum atomic E-state index is 10.4. The number of hydrogen-bond acceptors (Lipinski definition) is 5. The first-order valence-corrected chi connectivity index (χ1v) is 4.42. The second-order valence-electron chi connectivity index (χ2n) is 2.92. The number of aliphatic hydroxyl groups excluding tert-OH is 1. The van der Waals surface area contributed by atoms with Gasteiger partial charge in [0.15, 0.2) is 5.82 Å². The van der Waals surface area contributed by atoms with Crippen LogP contribution >= 0.6 is 0 Å². The number of aryl methyl sites for hydroxylation is 1. The average molecular weight is 199 g/mol. The van der Waals surface area contributed by atoms with E-state index in [-0.39, 0.29) is 18.7 Å². The Balaban J connectivity index is 2.51. The van der Waals surface area contributed by atoms with Crippen molar-refractivity contribution in [2.75, 3.05) is 0 Å². The Morgan fingerprint density at radius 2 is 2.43 bits per heavy atom. The van der Waals surface area contributed by atoms with Crippen molar-refractivity contribution in [2.24, 2.45) is 5.73 Å². The largest absolute Gasteiger partial charge is 0.385 e. The van der Waals surface area contributed by atoms with Crippen molar-refractivity contribution in [1.82, 2.24) is 10.1 Å². The zero-order chi connectivity index (χ0) is 10.6. The van der Waals surface area contributed by atoms with E-state index in [1.54, 1.807) is 0 Å². The van der Waals surface area contributed by atoms with E-state index in [4.69, 9.17) is 10.3 Å². The van der Waals surface area contributed by atoms with E-state index in [0.29, 0.717) is 12.3 Å². The SMILES string of the molecule is CCc1nc([C@@H](O)CCC(N)=O)no1. The molecule has 0 aliphatic heterocycles. The lowest BCUT2D eigenvalue weighted by atomic mass is 10.2. The molecule has 0 spiro atoms. The van der Waals surface area contributed by atoms with Gasteiger partial charge in [-0.2, -0.15) is 4.98 Å². The molecule has 0 radical (unpaired) electrons. The first-order chi connectivity index (χ1) is 6.63. The molecule has 1 atom stereocenters. The van der Waals surface area contributed by atoms with Crippen LogP contribution in [0.15, 0.2) is 4.52 Å². The monoisotopic (exact) mass is 199 g/mol. The van der Waals surface area contributed by atoms with Crippen LogP contribution in [-0.2, 0) is 11.2 Å². The summed E-state index contributed by atoms with van der Waals surface area (Å²) in [4.78, 5) is 14.4. The second-order valence-corrected chi connectivity index (χ2v) is 2.92. The summed E-state index contributed by atoms with van der Waals surface area (Å²) in [5.41, 5.74) is 4.94. The second kappa shape index (κ2) is 4.71. The lowest BCUT2D eigenvalue weighted by Gasteiger charge is -2.02. The fraction of sp³-hybridized carbons (Fsp3) is 0.625. The molecule has 0 aromatic carbocycles. The maximum absolute atomic E-state index is 10.4. The van der Waals surface area contributed by atoms with Gasteiger partial charge in [-0.25, -0.2) is 0 Å². The zero-order valence-electron chi connectivity index (χ0n) is 7.93. The standard InChI is InChI=1S/C8H13N3O3/c1-2-7-10-8(11-14-7)5(12)3-4-6(9)13/h5,12H,2-4H2,1H3,(H2,9,13)/t5-/m0/s1. The third-order valence-electron chi connectivity index (χ3n) is 1.75. The molecule has 14 heavy (non-hydrogen) atoms. The lowest BCUT2D eigenvalue weighted by Crippen LogP contribution is -2.12. The lowest BCUT2D eigenvalue weighted by molar-refractivity contribution is -0.118. The Morgan fingerprint density at radius 1 is 1.71 bits per heavy atom. The van der Waals surface area contributed by atoms with E-state index in [0.717, 1.165) is 0 Å². The first-order valence-electron chi connectivity index (χ1n) is 4.42. The van der Waals surface area contributed by atoms with Gasteiger partial charge in [0.05, 0.1) is 0 Å². The minimum absolute atomic E-state index is 0.108. The van der Waals surface area contributed by atoms with Gasteiger partial charge in [0, 0.05) is 12.8 Å². The number of primary amides is 1. The number of hydrogen-bond donors (Lipinski definition) is 2. The van der Waals surface area contributed by atoms with Gasteiger partial charge in [0.2, 0.25) is 11.8 Å². The molecule has 1 aromatic heterocycles. The van der Waals surface area contributed by atoms with Crippen LogP contribution in [0.1, 0.15) is 37.6 Å². The Morgan fingerprint density at radius 3 is 2.93 bits per heavy atom. The van der Waals surface area contributed by atoms with E-state index in [1.807, 2.05) is 6.92 Å². The normalized spacial score (nSPS) is 12.7. The van der Waals surface area contributed by atoms with Crippen LogP contribution in [0, 0.1) is 0 Å². The van der Waals surface area contributed by atoms with Crippen LogP contribution in [-0.4, -0.2) is 21.2 Å². The molecule has 0 bridgehead atoms. The van der Waals surface area contributed by atoms with Crippen LogP contribution < -0.4 is 5.73 Å². The molecule has 1 amide bonds. The Labute approximate surface area is 81.1 Å². The molecule has 0 aliphatic carbocycles. The van der Waals surface area contributed by atoms with Crippen LogP contribution in [0.2, 0.25) is 0 Å². The first kappa shape index (κ1) is 10.6. The summed E-state index contributed by atoms with van der Waals surface area (Å²) in [6, 6.07) is 0. The summed E-state index contributed by atoms with van der Waals surface area (Å²) in [5.74, 6) is 0.226. The highest BCUT2D eigenvalue weighted by Crippen LogP contribution is 2.14. The van der Waals surface area contributed by atoms with E-state index in [1.165, 1.54) is 0 Å². The van der Waals surface area contributed by atoms with Crippen molar-refractivity contribution in [1.29, 1.82) is 0 Å². The molecule has 1 aromatic rings. The molecule has 0 saturated heterocycles. The molecule has 1 rings (SSSR count). The topological polar surface area (TPSA) is 102 Å². The maximum Gasteiger partial charge on any atom is 0.226 e. The van der Waals surface area contributed by atoms with Gasteiger partial charge in [-0.1, -0.05) is 12.1 Å². The molecule has 0 aliphatic rings. The molecule has 1 heterocycles. The summed E-state index contributed by atoms with van der Waals surface area (Å²) in [6.07, 6.45) is 0.0663. The minimum Gasteiger partial charge on any atom is -0.385 e. The van der Waals surface area contributed by atoms with Crippen LogP contribution in [0.25, 0.3) is 0 Å². The Hall–Kier alpha value is -1.43. The summed E-state index contributed by atoms with van der Waals surface area (Å²) < 4.78 is 4.80. The zero-order valence-corrected chi connectivity index (χ0v) is 7.93. The highest BCUT2D eigenvalue weighted by molar-refractivity contribution is 5.73. The van der Waals surface area contributed by atoms with Gasteiger partial charge in [0.1, 0.15) is 6.10 Å². The molecule has 6 nitrogen and oxygen atoms in total. The van der Waals surface area contributed by atoms with Crippen molar-refractivity contribution < 1.29 is 14.4 Å². The fourth-order valence-electron chi connectivity index (χ4n) is 0.955. The predicted molar refractivity (Wildman–Crippen MR) is 47.1 cm³/mol. The van der Waals surface area contributed by atoms with Gasteiger partial charge in [-0.3, -0.25) is 4.79 Å². The van der Waals surface area contributed by atoms with Gasteiger partial charge >= 0.3 is 0 Å². The van der Waals surface area contributed by atoms with Crippen LogP contribution in [0.5, 0.6) is 0 Å². The summed E-state index contributed by atoms with van der Waals surface area (Å²) in [6.45, 7) is 1.87. The van der Waals surface area contributed by atoms with Crippen LogP contribution in [0.3, 0.4) is 0 Å². The van der Waals surface area contributed by atoms with Gasteiger partial charge in [-0.15, -0.1) is 0 Å². The number of carbonyl (C=O) groups is 1. The summed E-state index contributed by atoms with van der Waals surface area (Å²) in [5, 5.41) is 13.1. The van der Waals surface area contributed by atoms with Gasteiger partial charge in [-0.05, 0) is 6.42 Å². The highest BCUT2D eigenvalue weighted by atomic mass is 16.5. The third kappa shape index (κ3) is 2.81. The van der Waals surface area contributed by atoms with E-state index in [2.05, 4.69) is 10.1 Å². The predicted octanol–water partition coefficient (Wildman–Crippen LogP) is -0.0691. The molecule has 3 N–H and O–H groups in total. The Kier molecular flexibility index (Phi) is 3.58. The minimum atomic E-state index is -0.883. The van der Waals surface area contributed by atoms with Crippen LogP contribution in [0.4, 0.5) is 0 Å². The quantitative estimate of drug-likeness (QED) is 0.691. The summed E-state index contributed by atoms with van der Waals surface area (Å²) in [7, 11) is 0. The van der Waals surface area contributed by atoms with Crippen molar-refractivity contribution in [3.05, 3.63) is 11.7 Å². The number of carbonyl (C=O) groups excluding carboxylic acids is 1. The van der Waals surface area contributed by atoms with Crippen molar-refractivity contribution >= 4 is 5.91 Å². The third-order valence-corrected chi connectivity index (χ3v) is 1.75. The number of nitrogens with zero attached hydrogens (tertiary/aromatic N) is 2. The number of aliphatic hydroxyl groups is 1. The molecule has 6 heteroatoms. The molecular formula is C8H13N3O3. The molecule has 0 saturated carbocycles. The average Bonchev–Trinajstić information content (AvgIpc) is 2.62. The van der Waals surface area contributed by atoms with E-state index >= 15 is 0 Å². The number of rotatable bonds is 5. The van der Waals surface area contributed by atoms with Crippen molar-refractivity contribution in [2.45, 2.75) is 32.3 Å². The van der Waals surface area contributed by atoms with Crippen molar-refractivity contribution in [3.63, 3.8) is 0 Å². The summed E-state index contributed by atoms with van der Waals surface area (Å²) >= 11 is 0. The smallest absolute Gasteiger partial charge is 0.226 e. The highest BCUT2D eigenvalue weighted by Gasteiger charge is 2.15. The van der Waals surface area contributed by atoms with Gasteiger partial charge in [0.25, 0.3) is 0 Å². The number of aromatic nitrogens is 2. The molecule has 78 valence electrons. The fourth-order valence-corrected chi connectivity index (χ4v) is 0.955. The van der Waals surface area contributed by atoms with E-state index in [9.17, 15) is 9.90 Å². The van der Waals surface area contributed by atoms with Crippen molar-refractivity contribution in [3.8, 4) is 0 Å². The molecular weight excluding hydrogens is 186 g/mol.